The van der Waals surface area contributed by atoms with Gasteiger partial charge in [-0.05, 0) is 37.1 Å². The van der Waals surface area contributed by atoms with E-state index in [0.717, 1.165) is 6.04 Å². The molecule has 1 aliphatic rings. The van der Waals surface area contributed by atoms with E-state index in [1.54, 1.807) is 0 Å². The van der Waals surface area contributed by atoms with E-state index in [4.69, 9.17) is 0 Å². The molecule has 1 saturated heterocycles. The zero-order valence-corrected chi connectivity index (χ0v) is 9.93. The molecule has 1 aromatic carbocycles. The van der Waals surface area contributed by atoms with Crippen LogP contribution in [0.3, 0.4) is 0 Å². The third-order valence-corrected chi connectivity index (χ3v) is 3.99. The predicted octanol–water partition coefficient (Wildman–Crippen LogP) is 2.71. The smallest absolute Gasteiger partial charge is 0.0158 e. The third kappa shape index (κ3) is 3.88. The molecule has 0 unspecified atom stereocenters. The average molecular weight is 221 g/mol. The summed E-state index contributed by atoms with van der Waals surface area (Å²) in [5, 5.41) is 3.53. The summed E-state index contributed by atoms with van der Waals surface area (Å²) in [7, 11) is 0. The van der Waals surface area contributed by atoms with Crippen molar-refractivity contribution in [3.63, 3.8) is 0 Å². The highest BCUT2D eigenvalue weighted by Gasteiger charge is 2.12. The van der Waals surface area contributed by atoms with Crippen LogP contribution in [0.2, 0.25) is 0 Å². The summed E-state index contributed by atoms with van der Waals surface area (Å²) < 4.78 is 0. The lowest BCUT2D eigenvalue weighted by atomic mass is 10.2. The molecular formula is C13H19NS. The van der Waals surface area contributed by atoms with Crippen LogP contribution in [0.4, 0.5) is 0 Å². The van der Waals surface area contributed by atoms with Gasteiger partial charge in [0.2, 0.25) is 0 Å². The zero-order chi connectivity index (χ0) is 10.3. The largest absolute Gasteiger partial charge is 0.313 e. The van der Waals surface area contributed by atoms with Crippen molar-refractivity contribution in [2.24, 2.45) is 0 Å². The van der Waals surface area contributed by atoms with Crippen molar-refractivity contribution in [1.82, 2.24) is 5.32 Å². The van der Waals surface area contributed by atoms with Crippen molar-refractivity contribution >= 4 is 11.8 Å². The quantitative estimate of drug-likeness (QED) is 0.767. The highest BCUT2D eigenvalue weighted by molar-refractivity contribution is 7.99. The number of rotatable bonds is 5. The van der Waals surface area contributed by atoms with E-state index >= 15 is 0 Å². The summed E-state index contributed by atoms with van der Waals surface area (Å²) in [4.78, 5) is 0. The first kappa shape index (κ1) is 11.0. The van der Waals surface area contributed by atoms with Crippen LogP contribution in [-0.2, 0) is 6.42 Å². The number of hydrogen-bond acceptors (Lipinski definition) is 2. The summed E-state index contributed by atoms with van der Waals surface area (Å²) in [6, 6.07) is 11.5. The van der Waals surface area contributed by atoms with Gasteiger partial charge in [-0.3, -0.25) is 0 Å². The molecule has 0 saturated carbocycles. The summed E-state index contributed by atoms with van der Waals surface area (Å²) >= 11 is 2.08. The Bertz CT molecular complexity index is 267. The maximum absolute atomic E-state index is 3.53. The van der Waals surface area contributed by atoms with Gasteiger partial charge in [0.15, 0.2) is 0 Å². The Hall–Kier alpha value is -0.470. The van der Waals surface area contributed by atoms with Gasteiger partial charge in [0.25, 0.3) is 0 Å². The Labute approximate surface area is 96.7 Å². The van der Waals surface area contributed by atoms with Crippen LogP contribution in [0.25, 0.3) is 0 Å². The molecule has 82 valence electrons. The second kappa shape index (κ2) is 6.19. The molecule has 15 heavy (non-hydrogen) atoms. The molecule has 0 bridgehead atoms. The maximum Gasteiger partial charge on any atom is 0.0158 e. The van der Waals surface area contributed by atoms with Gasteiger partial charge in [0.1, 0.15) is 0 Å². The first-order valence-corrected chi connectivity index (χ1v) is 6.96. The van der Waals surface area contributed by atoms with Crippen LogP contribution in [0, 0.1) is 0 Å². The van der Waals surface area contributed by atoms with Crippen LogP contribution in [0.5, 0.6) is 0 Å². The van der Waals surface area contributed by atoms with Crippen LogP contribution in [-0.4, -0.2) is 24.1 Å². The Morgan fingerprint density at radius 2 is 2.13 bits per heavy atom. The first-order chi connectivity index (χ1) is 7.45. The molecule has 0 amide bonds. The van der Waals surface area contributed by atoms with E-state index < -0.39 is 0 Å². The van der Waals surface area contributed by atoms with Gasteiger partial charge in [0.05, 0.1) is 0 Å². The third-order valence-electron chi connectivity index (χ3n) is 2.86. The van der Waals surface area contributed by atoms with E-state index in [2.05, 4.69) is 47.4 Å². The van der Waals surface area contributed by atoms with Gasteiger partial charge in [-0.15, -0.1) is 0 Å². The number of aryl methyl sites for hydroxylation is 1. The predicted molar refractivity (Wildman–Crippen MR) is 68.5 cm³/mol. The highest BCUT2D eigenvalue weighted by atomic mass is 32.2. The minimum absolute atomic E-state index is 0.783. The molecular weight excluding hydrogens is 202 g/mol. The Balaban J connectivity index is 1.59. The van der Waals surface area contributed by atoms with Crippen molar-refractivity contribution < 1.29 is 0 Å². The second-order valence-corrected chi connectivity index (χ2v) is 5.25. The Morgan fingerprint density at radius 3 is 2.87 bits per heavy atom. The summed E-state index contributed by atoms with van der Waals surface area (Å²) in [6.07, 6.45) is 3.94. The van der Waals surface area contributed by atoms with Crippen LogP contribution >= 0.6 is 11.8 Å². The van der Waals surface area contributed by atoms with Gasteiger partial charge in [-0.2, -0.15) is 11.8 Å². The molecule has 0 radical (unpaired) electrons. The zero-order valence-electron chi connectivity index (χ0n) is 9.11. The topological polar surface area (TPSA) is 12.0 Å². The number of thioether (sulfide) groups is 1. The lowest BCUT2D eigenvalue weighted by Crippen LogP contribution is -2.23. The number of nitrogens with one attached hydrogen (secondary N) is 1. The minimum Gasteiger partial charge on any atom is -0.313 e. The minimum atomic E-state index is 0.783. The van der Waals surface area contributed by atoms with E-state index in [1.807, 2.05) is 0 Å². The standard InChI is InChI=1S/C13H19NS/c1-2-5-12(6-3-1)8-10-15-11-13-7-4-9-14-13/h1-3,5-6,13-14H,4,7-11H2/t13-/m0/s1. The molecule has 0 spiro atoms. The van der Waals surface area contributed by atoms with E-state index in [0.29, 0.717) is 0 Å². The van der Waals surface area contributed by atoms with Crippen molar-refractivity contribution in [2.75, 3.05) is 18.1 Å². The molecule has 0 aromatic heterocycles. The first-order valence-electron chi connectivity index (χ1n) is 5.80. The Kier molecular flexibility index (Phi) is 4.55. The monoisotopic (exact) mass is 221 g/mol. The average Bonchev–Trinajstić information content (AvgIpc) is 2.79. The molecule has 1 atom stereocenters. The Morgan fingerprint density at radius 1 is 1.27 bits per heavy atom. The number of hydrogen-bond donors (Lipinski definition) is 1. The fourth-order valence-corrected chi connectivity index (χ4v) is 3.08. The fraction of sp³-hybridized carbons (Fsp3) is 0.538. The molecule has 0 aliphatic carbocycles. The second-order valence-electron chi connectivity index (χ2n) is 4.10. The van der Waals surface area contributed by atoms with Crippen molar-refractivity contribution in [1.29, 1.82) is 0 Å². The van der Waals surface area contributed by atoms with Crippen molar-refractivity contribution in [2.45, 2.75) is 25.3 Å². The molecule has 1 fully saturated rings. The van der Waals surface area contributed by atoms with Crippen molar-refractivity contribution in [3.8, 4) is 0 Å². The van der Waals surface area contributed by atoms with Gasteiger partial charge in [-0.25, -0.2) is 0 Å². The van der Waals surface area contributed by atoms with Gasteiger partial charge in [-0.1, -0.05) is 30.3 Å². The van der Waals surface area contributed by atoms with E-state index in [9.17, 15) is 0 Å². The molecule has 1 heterocycles. The van der Waals surface area contributed by atoms with Gasteiger partial charge >= 0.3 is 0 Å². The van der Waals surface area contributed by atoms with Crippen LogP contribution in [0.1, 0.15) is 18.4 Å². The van der Waals surface area contributed by atoms with Crippen LogP contribution < -0.4 is 5.32 Å². The lowest BCUT2D eigenvalue weighted by molar-refractivity contribution is 0.674. The van der Waals surface area contributed by atoms with Crippen molar-refractivity contribution in [3.05, 3.63) is 35.9 Å². The SMILES string of the molecule is c1ccc(CCSC[C@@H]2CCCN2)cc1. The normalized spacial score (nSPS) is 20.7. The van der Waals surface area contributed by atoms with Crippen LogP contribution in [0.15, 0.2) is 30.3 Å². The van der Waals surface area contributed by atoms with Gasteiger partial charge in [0, 0.05) is 11.8 Å². The van der Waals surface area contributed by atoms with E-state index in [1.165, 1.54) is 42.9 Å². The highest BCUT2D eigenvalue weighted by Crippen LogP contribution is 2.13. The molecule has 2 rings (SSSR count). The maximum atomic E-state index is 3.53. The summed E-state index contributed by atoms with van der Waals surface area (Å²) in [5.74, 6) is 2.54. The summed E-state index contributed by atoms with van der Waals surface area (Å²) in [5.41, 5.74) is 1.46. The lowest BCUT2D eigenvalue weighted by Gasteiger charge is -2.08. The molecule has 2 heteroatoms. The molecule has 1 aromatic rings. The van der Waals surface area contributed by atoms with E-state index in [-0.39, 0.29) is 0 Å². The number of benzene rings is 1. The molecule has 1 nitrogen and oxygen atoms in total. The molecule has 1 aliphatic heterocycles. The fourth-order valence-electron chi connectivity index (χ4n) is 1.96. The van der Waals surface area contributed by atoms with Gasteiger partial charge < -0.3 is 5.32 Å². The molecule has 1 N–H and O–H groups in total. The summed E-state index contributed by atoms with van der Waals surface area (Å²) in [6.45, 7) is 1.23.